The number of aliphatic hydroxyl groups excluding tert-OH is 1. The number of cyclic esters (lactones) is 1. The van der Waals surface area contributed by atoms with Gasteiger partial charge in [-0.2, -0.15) is 0 Å². The molecule has 0 spiro atoms. The minimum absolute atomic E-state index is 0.127. The highest BCUT2D eigenvalue weighted by atomic mass is 32.2. The van der Waals surface area contributed by atoms with Crippen molar-refractivity contribution in [3.05, 3.63) is 53.6 Å². The van der Waals surface area contributed by atoms with Crippen molar-refractivity contribution < 1.29 is 23.1 Å². The van der Waals surface area contributed by atoms with Gasteiger partial charge in [-0.15, -0.1) is 0 Å². The second-order valence-electron chi connectivity index (χ2n) is 5.12. The summed E-state index contributed by atoms with van der Waals surface area (Å²) in [7, 11) is -3.74. The monoisotopic (exact) mass is 306 g/mol. The molecular formula is C15H14O5S. The molecule has 0 fully saturated rings. The Bertz CT molecular complexity index is 746. The summed E-state index contributed by atoms with van der Waals surface area (Å²) in [6.45, 7) is 3.56. The van der Waals surface area contributed by atoms with Gasteiger partial charge in [0.05, 0.1) is 4.90 Å². The maximum atomic E-state index is 12.8. The molecule has 1 aliphatic carbocycles. The summed E-state index contributed by atoms with van der Waals surface area (Å²) < 4.78 is 30.4. The number of rotatable bonds is 2. The van der Waals surface area contributed by atoms with Crippen LogP contribution in [-0.4, -0.2) is 37.5 Å². The number of sulfone groups is 1. The summed E-state index contributed by atoms with van der Waals surface area (Å²) in [6, 6.07) is 7.97. The van der Waals surface area contributed by atoms with E-state index in [1.807, 2.05) is 0 Å². The number of aliphatic hydroxyl groups is 1. The van der Waals surface area contributed by atoms with Gasteiger partial charge in [0.25, 0.3) is 0 Å². The Balaban J connectivity index is 2.14. The average molecular weight is 306 g/mol. The number of carbonyl (C=O) groups is 1. The molecule has 6 heteroatoms. The third-order valence-corrected chi connectivity index (χ3v) is 5.90. The Morgan fingerprint density at radius 3 is 2.57 bits per heavy atom. The summed E-state index contributed by atoms with van der Waals surface area (Å²) in [5.41, 5.74) is 0.838. The van der Waals surface area contributed by atoms with Crippen LogP contribution in [0.2, 0.25) is 0 Å². The molecule has 110 valence electrons. The van der Waals surface area contributed by atoms with Crippen LogP contribution < -0.4 is 0 Å². The molecule has 0 saturated heterocycles. The first kappa shape index (κ1) is 14.0. The van der Waals surface area contributed by atoms with Crippen molar-refractivity contribution in [2.24, 2.45) is 0 Å². The van der Waals surface area contributed by atoms with Crippen LogP contribution in [0, 0.1) is 0 Å². The van der Waals surface area contributed by atoms with E-state index < -0.39 is 27.2 Å². The van der Waals surface area contributed by atoms with E-state index in [2.05, 4.69) is 6.58 Å². The summed E-state index contributed by atoms with van der Waals surface area (Å²) in [4.78, 5) is 11.9. The van der Waals surface area contributed by atoms with Crippen molar-refractivity contribution in [1.29, 1.82) is 0 Å². The van der Waals surface area contributed by atoms with Crippen LogP contribution in [-0.2, 0) is 19.4 Å². The predicted molar refractivity (Wildman–Crippen MR) is 75.2 cm³/mol. The number of ether oxygens (including phenoxy) is 1. The van der Waals surface area contributed by atoms with E-state index in [1.165, 1.54) is 12.1 Å². The molecule has 0 aromatic heterocycles. The Hall–Kier alpha value is -1.92. The molecular weight excluding hydrogens is 292 g/mol. The third-order valence-electron chi connectivity index (χ3n) is 3.77. The number of esters is 1. The van der Waals surface area contributed by atoms with Crippen LogP contribution in [0.1, 0.15) is 6.42 Å². The lowest BCUT2D eigenvalue weighted by atomic mass is 10.0. The number of carbonyl (C=O) groups excluding carboxylic acids is 1. The number of benzene rings is 1. The highest BCUT2D eigenvalue weighted by Crippen LogP contribution is 2.41. The van der Waals surface area contributed by atoms with E-state index >= 15 is 0 Å². The molecule has 1 aliphatic heterocycles. The van der Waals surface area contributed by atoms with Crippen molar-refractivity contribution >= 4 is 15.8 Å². The number of hydrogen-bond acceptors (Lipinski definition) is 5. The van der Waals surface area contributed by atoms with Gasteiger partial charge in [0.15, 0.2) is 9.84 Å². The molecule has 1 heterocycles. The van der Waals surface area contributed by atoms with E-state index in [0.717, 1.165) is 0 Å². The quantitative estimate of drug-likeness (QED) is 0.651. The average Bonchev–Trinajstić information content (AvgIpc) is 2.83. The lowest BCUT2D eigenvalue weighted by Crippen LogP contribution is -2.35. The summed E-state index contributed by atoms with van der Waals surface area (Å²) >= 11 is 0. The van der Waals surface area contributed by atoms with Crippen LogP contribution in [0.15, 0.2) is 58.5 Å². The van der Waals surface area contributed by atoms with Crippen molar-refractivity contribution in [2.45, 2.75) is 22.7 Å². The van der Waals surface area contributed by atoms with Crippen LogP contribution in [0.4, 0.5) is 0 Å². The molecule has 0 amide bonds. The third kappa shape index (κ3) is 2.11. The molecule has 3 rings (SSSR count). The van der Waals surface area contributed by atoms with Crippen molar-refractivity contribution in [1.82, 2.24) is 0 Å². The zero-order valence-electron chi connectivity index (χ0n) is 11.2. The molecule has 1 aromatic rings. The highest BCUT2D eigenvalue weighted by Gasteiger charge is 2.46. The van der Waals surface area contributed by atoms with Gasteiger partial charge >= 0.3 is 5.97 Å². The largest absolute Gasteiger partial charge is 0.459 e. The topological polar surface area (TPSA) is 80.7 Å². The van der Waals surface area contributed by atoms with Crippen molar-refractivity contribution in [3.8, 4) is 0 Å². The molecule has 2 aliphatic rings. The minimum atomic E-state index is -3.74. The Labute approximate surface area is 122 Å². The summed E-state index contributed by atoms with van der Waals surface area (Å²) in [5, 5.41) is 9.00. The van der Waals surface area contributed by atoms with Gasteiger partial charge in [0.1, 0.15) is 18.0 Å². The SMILES string of the molecule is C=C1CC2=C(C1S(=O)(=O)c1ccccc1)[C@H](O)COC2=O. The fourth-order valence-corrected chi connectivity index (χ4v) is 4.79. The van der Waals surface area contributed by atoms with Gasteiger partial charge in [-0.25, -0.2) is 13.2 Å². The second-order valence-corrected chi connectivity index (χ2v) is 7.15. The maximum Gasteiger partial charge on any atom is 0.334 e. The van der Waals surface area contributed by atoms with Crippen LogP contribution >= 0.6 is 0 Å². The minimum Gasteiger partial charge on any atom is -0.459 e. The molecule has 2 atom stereocenters. The van der Waals surface area contributed by atoms with E-state index in [1.54, 1.807) is 18.2 Å². The normalized spacial score (nSPS) is 25.8. The molecule has 1 N–H and O–H groups in total. The van der Waals surface area contributed by atoms with Crippen molar-refractivity contribution in [2.75, 3.05) is 6.61 Å². The van der Waals surface area contributed by atoms with Gasteiger partial charge in [0.2, 0.25) is 0 Å². The van der Waals surface area contributed by atoms with E-state index in [9.17, 15) is 18.3 Å². The van der Waals surface area contributed by atoms with E-state index in [4.69, 9.17) is 4.74 Å². The highest BCUT2D eigenvalue weighted by molar-refractivity contribution is 7.92. The smallest absolute Gasteiger partial charge is 0.334 e. The molecule has 1 aromatic carbocycles. The van der Waals surface area contributed by atoms with Gasteiger partial charge in [-0.05, 0) is 17.7 Å². The van der Waals surface area contributed by atoms with Crippen LogP contribution in [0.5, 0.6) is 0 Å². The fourth-order valence-electron chi connectivity index (χ4n) is 2.83. The Morgan fingerprint density at radius 1 is 1.24 bits per heavy atom. The first-order valence-electron chi connectivity index (χ1n) is 6.47. The van der Waals surface area contributed by atoms with E-state index in [0.29, 0.717) is 5.57 Å². The Kier molecular flexibility index (Phi) is 3.22. The van der Waals surface area contributed by atoms with Gasteiger partial charge in [-0.3, -0.25) is 0 Å². The summed E-state index contributed by atoms with van der Waals surface area (Å²) in [6.07, 6.45) is -0.970. The molecule has 21 heavy (non-hydrogen) atoms. The van der Waals surface area contributed by atoms with Gasteiger partial charge < -0.3 is 9.84 Å². The molecule has 0 saturated carbocycles. The molecule has 0 bridgehead atoms. The lowest BCUT2D eigenvalue weighted by molar-refractivity contribution is -0.143. The Morgan fingerprint density at radius 2 is 1.90 bits per heavy atom. The second kappa shape index (κ2) is 4.82. The maximum absolute atomic E-state index is 12.8. The van der Waals surface area contributed by atoms with Crippen LogP contribution in [0.3, 0.4) is 0 Å². The lowest BCUT2D eigenvalue weighted by Gasteiger charge is -2.24. The standard InChI is InChI=1S/C15H14O5S/c1-9-7-11-13(12(16)8-20-15(11)17)14(9)21(18,19)10-5-3-2-4-6-10/h2-6,12,14,16H,1,7-8H2/t12-,14?/m1/s1. The molecule has 1 unspecified atom stereocenters. The predicted octanol–water partition coefficient (Wildman–Crippen LogP) is 1.00. The number of hydrogen-bond donors (Lipinski definition) is 1. The first-order valence-corrected chi connectivity index (χ1v) is 8.02. The zero-order valence-corrected chi connectivity index (χ0v) is 12.0. The van der Waals surface area contributed by atoms with Crippen LogP contribution in [0.25, 0.3) is 0 Å². The molecule has 0 radical (unpaired) electrons. The zero-order chi connectivity index (χ0) is 15.2. The van der Waals surface area contributed by atoms with E-state index in [-0.39, 0.29) is 29.1 Å². The van der Waals surface area contributed by atoms with Crippen molar-refractivity contribution in [3.63, 3.8) is 0 Å². The molecule has 5 nitrogen and oxygen atoms in total. The fraction of sp³-hybridized carbons (Fsp3) is 0.267. The first-order chi connectivity index (χ1) is 9.93. The summed E-state index contributed by atoms with van der Waals surface area (Å²) in [5.74, 6) is -0.567. The van der Waals surface area contributed by atoms with Gasteiger partial charge in [-0.1, -0.05) is 30.4 Å². The van der Waals surface area contributed by atoms with Gasteiger partial charge in [0, 0.05) is 12.0 Å².